The van der Waals surface area contributed by atoms with Crippen molar-refractivity contribution in [1.82, 2.24) is 14.8 Å². The lowest BCUT2D eigenvalue weighted by Gasteiger charge is -2.29. The lowest BCUT2D eigenvalue weighted by molar-refractivity contribution is -0.113. The topological polar surface area (TPSA) is 95.6 Å². The number of pyridine rings is 1. The predicted molar refractivity (Wildman–Crippen MR) is 106 cm³/mol. The molecule has 0 spiro atoms. The van der Waals surface area contributed by atoms with Crippen molar-refractivity contribution in [1.29, 1.82) is 5.26 Å². The second kappa shape index (κ2) is 7.18. The van der Waals surface area contributed by atoms with Gasteiger partial charge in [0.2, 0.25) is 0 Å². The number of fused-ring (bicyclic) bond motifs is 1. The van der Waals surface area contributed by atoms with Crippen molar-refractivity contribution in [3.05, 3.63) is 82.4 Å². The third-order valence-electron chi connectivity index (χ3n) is 4.49. The number of anilines is 2. The van der Waals surface area contributed by atoms with E-state index in [1.807, 2.05) is 6.07 Å². The van der Waals surface area contributed by atoms with Crippen LogP contribution in [0.1, 0.15) is 24.1 Å². The number of carbonyl (C=O) groups excluding carboxylic acids is 1. The Kier molecular flexibility index (Phi) is 4.55. The summed E-state index contributed by atoms with van der Waals surface area (Å²) in [7, 11) is 0. The molecule has 0 unspecified atom stereocenters. The maximum absolute atomic E-state index is 13.2. The molecule has 0 aliphatic carbocycles. The summed E-state index contributed by atoms with van der Waals surface area (Å²) >= 11 is 5.92. The quantitative estimate of drug-likeness (QED) is 0.710. The SMILES string of the molecule is CC1=C(C(=O)Nc2ccc(Cl)cc2)[C@H](c2cccnc2)n2ncc(C#N)c2N1. The third-order valence-corrected chi connectivity index (χ3v) is 4.74. The number of hydrogen-bond acceptors (Lipinski definition) is 5. The Bertz CT molecular complexity index is 1110. The normalized spacial score (nSPS) is 15.4. The van der Waals surface area contributed by atoms with Gasteiger partial charge in [-0.15, -0.1) is 0 Å². The largest absolute Gasteiger partial charge is 0.343 e. The number of nitrogens with zero attached hydrogens (tertiary/aromatic N) is 4. The van der Waals surface area contributed by atoms with E-state index in [2.05, 4.69) is 26.8 Å². The van der Waals surface area contributed by atoms with E-state index in [0.717, 1.165) is 5.56 Å². The molecule has 3 aromatic rings. The van der Waals surface area contributed by atoms with Crippen LogP contribution in [0.2, 0.25) is 5.02 Å². The number of halogens is 1. The highest BCUT2D eigenvalue weighted by atomic mass is 35.5. The van der Waals surface area contributed by atoms with Crippen LogP contribution in [-0.2, 0) is 4.79 Å². The Balaban J connectivity index is 1.78. The van der Waals surface area contributed by atoms with Crippen molar-refractivity contribution in [3.63, 3.8) is 0 Å². The van der Waals surface area contributed by atoms with Gasteiger partial charge in [-0.25, -0.2) is 4.68 Å². The van der Waals surface area contributed by atoms with Gasteiger partial charge in [0.15, 0.2) is 0 Å². The van der Waals surface area contributed by atoms with E-state index in [1.54, 1.807) is 54.3 Å². The van der Waals surface area contributed by atoms with Crippen molar-refractivity contribution >= 4 is 29.0 Å². The van der Waals surface area contributed by atoms with E-state index in [9.17, 15) is 10.1 Å². The first-order chi connectivity index (χ1) is 13.6. The fraction of sp³-hybridized carbons (Fsp3) is 0.100. The molecule has 1 aromatic carbocycles. The van der Waals surface area contributed by atoms with Gasteiger partial charge in [0.25, 0.3) is 5.91 Å². The molecule has 1 aliphatic heterocycles. The van der Waals surface area contributed by atoms with Gasteiger partial charge in [0, 0.05) is 28.8 Å². The van der Waals surface area contributed by atoms with Crippen LogP contribution < -0.4 is 10.6 Å². The van der Waals surface area contributed by atoms with Gasteiger partial charge in [-0.2, -0.15) is 10.4 Å². The van der Waals surface area contributed by atoms with Gasteiger partial charge >= 0.3 is 0 Å². The van der Waals surface area contributed by atoms with Crippen LogP contribution in [0.15, 0.2) is 66.3 Å². The van der Waals surface area contributed by atoms with Crippen LogP contribution >= 0.6 is 11.6 Å². The fourth-order valence-electron chi connectivity index (χ4n) is 3.21. The molecule has 0 radical (unpaired) electrons. The van der Waals surface area contributed by atoms with Crippen LogP contribution in [0.3, 0.4) is 0 Å². The monoisotopic (exact) mass is 390 g/mol. The van der Waals surface area contributed by atoms with E-state index in [1.165, 1.54) is 6.20 Å². The molecular formula is C20H15ClN6O. The number of aromatic nitrogens is 3. The zero-order chi connectivity index (χ0) is 19.7. The van der Waals surface area contributed by atoms with Crippen molar-refractivity contribution in [3.8, 4) is 6.07 Å². The van der Waals surface area contributed by atoms with Gasteiger partial charge in [-0.05, 0) is 42.8 Å². The van der Waals surface area contributed by atoms with Crippen LogP contribution in [0.5, 0.6) is 0 Å². The molecular weight excluding hydrogens is 376 g/mol. The Morgan fingerprint density at radius 1 is 1.29 bits per heavy atom. The maximum atomic E-state index is 13.2. The van der Waals surface area contributed by atoms with Gasteiger partial charge in [0.1, 0.15) is 23.5 Å². The zero-order valence-corrected chi connectivity index (χ0v) is 15.6. The Labute approximate surface area is 166 Å². The van der Waals surface area contributed by atoms with Gasteiger partial charge < -0.3 is 10.6 Å². The number of allylic oxidation sites excluding steroid dienone is 1. The number of nitriles is 1. The molecule has 0 saturated heterocycles. The molecule has 0 saturated carbocycles. The first-order valence-electron chi connectivity index (χ1n) is 8.50. The average Bonchev–Trinajstić information content (AvgIpc) is 3.11. The molecule has 4 rings (SSSR count). The number of hydrogen-bond donors (Lipinski definition) is 2. The minimum atomic E-state index is -0.514. The Morgan fingerprint density at radius 2 is 2.07 bits per heavy atom. The average molecular weight is 391 g/mol. The minimum absolute atomic E-state index is 0.277. The summed E-state index contributed by atoms with van der Waals surface area (Å²) in [4.78, 5) is 17.3. The second-order valence-electron chi connectivity index (χ2n) is 6.28. The van der Waals surface area contributed by atoms with E-state index in [0.29, 0.717) is 33.4 Å². The summed E-state index contributed by atoms with van der Waals surface area (Å²) in [5.74, 6) is 0.276. The van der Waals surface area contributed by atoms with Gasteiger partial charge in [-0.1, -0.05) is 17.7 Å². The summed E-state index contributed by atoms with van der Waals surface area (Å²) < 4.78 is 1.64. The predicted octanol–water partition coefficient (Wildman–Crippen LogP) is 3.73. The molecule has 7 nitrogen and oxygen atoms in total. The highest BCUT2D eigenvalue weighted by molar-refractivity contribution is 6.30. The zero-order valence-electron chi connectivity index (χ0n) is 14.8. The molecule has 2 aromatic heterocycles. The highest BCUT2D eigenvalue weighted by Crippen LogP contribution is 2.37. The molecule has 3 heterocycles. The van der Waals surface area contributed by atoms with E-state index in [4.69, 9.17) is 11.6 Å². The summed E-state index contributed by atoms with van der Waals surface area (Å²) in [5.41, 5.74) is 2.96. The first kappa shape index (κ1) is 17.8. The summed E-state index contributed by atoms with van der Waals surface area (Å²) in [5, 5.41) is 20.3. The minimum Gasteiger partial charge on any atom is -0.343 e. The Morgan fingerprint density at radius 3 is 2.75 bits per heavy atom. The summed E-state index contributed by atoms with van der Waals surface area (Å²) in [6.07, 6.45) is 4.84. The lowest BCUT2D eigenvalue weighted by atomic mass is 9.95. The van der Waals surface area contributed by atoms with E-state index < -0.39 is 6.04 Å². The molecule has 1 amide bonds. The standard InChI is InChI=1S/C20H15ClN6O/c1-12-17(20(28)26-16-6-4-15(21)5-7-16)18(13-3-2-8-23-10-13)27-19(25-12)14(9-22)11-24-27/h2-8,10-11,18,25H,1H3,(H,26,28)/t18-/m0/s1. The maximum Gasteiger partial charge on any atom is 0.255 e. The number of nitrogens with one attached hydrogen (secondary N) is 2. The van der Waals surface area contributed by atoms with Gasteiger partial charge in [0.05, 0.1) is 11.8 Å². The third kappa shape index (κ3) is 3.10. The second-order valence-corrected chi connectivity index (χ2v) is 6.71. The van der Waals surface area contributed by atoms with Crippen molar-refractivity contribution in [2.24, 2.45) is 0 Å². The molecule has 1 atom stereocenters. The molecule has 28 heavy (non-hydrogen) atoms. The van der Waals surface area contributed by atoms with E-state index >= 15 is 0 Å². The number of carbonyl (C=O) groups is 1. The van der Waals surface area contributed by atoms with E-state index in [-0.39, 0.29) is 5.91 Å². The molecule has 0 fully saturated rings. The fourth-order valence-corrected chi connectivity index (χ4v) is 3.33. The molecule has 1 aliphatic rings. The van der Waals surface area contributed by atoms with Crippen LogP contribution in [0.25, 0.3) is 0 Å². The number of rotatable bonds is 3. The summed E-state index contributed by atoms with van der Waals surface area (Å²) in [6, 6.07) is 12.2. The molecule has 138 valence electrons. The number of amides is 1. The van der Waals surface area contributed by atoms with Gasteiger partial charge in [-0.3, -0.25) is 9.78 Å². The van der Waals surface area contributed by atoms with Crippen LogP contribution in [-0.4, -0.2) is 20.7 Å². The summed E-state index contributed by atoms with van der Waals surface area (Å²) in [6.45, 7) is 1.80. The van der Waals surface area contributed by atoms with Crippen molar-refractivity contribution in [2.75, 3.05) is 10.6 Å². The molecule has 8 heteroatoms. The van der Waals surface area contributed by atoms with Crippen molar-refractivity contribution in [2.45, 2.75) is 13.0 Å². The Hall–Kier alpha value is -3.63. The van der Waals surface area contributed by atoms with Crippen molar-refractivity contribution < 1.29 is 4.79 Å². The molecule has 2 N–H and O–H groups in total. The smallest absolute Gasteiger partial charge is 0.255 e. The molecule has 0 bridgehead atoms. The van der Waals surface area contributed by atoms with Crippen LogP contribution in [0.4, 0.5) is 11.5 Å². The number of benzene rings is 1. The first-order valence-corrected chi connectivity index (χ1v) is 8.88. The van der Waals surface area contributed by atoms with Crippen LogP contribution in [0, 0.1) is 11.3 Å². The highest BCUT2D eigenvalue weighted by Gasteiger charge is 2.34. The lowest BCUT2D eigenvalue weighted by Crippen LogP contribution is -2.31.